The van der Waals surface area contributed by atoms with E-state index in [1.165, 1.54) is 7.11 Å². The van der Waals surface area contributed by atoms with Crippen molar-refractivity contribution in [2.75, 3.05) is 46.9 Å². The Labute approximate surface area is 225 Å². The van der Waals surface area contributed by atoms with Gasteiger partial charge in [0.05, 0.1) is 19.8 Å². The summed E-state index contributed by atoms with van der Waals surface area (Å²) in [5.74, 6) is 0.0460. The van der Waals surface area contributed by atoms with Crippen molar-refractivity contribution in [3.63, 3.8) is 0 Å². The number of piperidine rings is 1. The number of likely N-dealkylation sites (N-methyl/N-ethyl adjacent to an activating group) is 1. The Morgan fingerprint density at radius 1 is 1.24 bits per heavy atom. The van der Waals surface area contributed by atoms with E-state index in [2.05, 4.69) is 20.7 Å². The minimum Gasteiger partial charge on any atom is -0.453 e. The van der Waals surface area contributed by atoms with Crippen LogP contribution in [0.25, 0.3) is 0 Å². The van der Waals surface area contributed by atoms with Gasteiger partial charge in [-0.05, 0) is 50.4 Å². The number of nitrogens with zero attached hydrogens (tertiary/aromatic N) is 1. The first-order chi connectivity index (χ1) is 17.8. The highest BCUT2D eigenvalue weighted by atomic mass is 35.5. The number of amides is 3. The number of rotatable bonds is 11. The molecular weight excluding hydrogens is 499 g/mol. The van der Waals surface area contributed by atoms with Crippen molar-refractivity contribution in [1.29, 1.82) is 0 Å². The molecule has 1 aromatic carbocycles. The van der Waals surface area contributed by atoms with E-state index in [0.29, 0.717) is 50.5 Å². The third kappa shape index (κ3) is 9.30. The zero-order valence-electron chi connectivity index (χ0n) is 22.1. The molecule has 1 unspecified atom stereocenters. The van der Waals surface area contributed by atoms with Gasteiger partial charge < -0.3 is 30.3 Å². The maximum Gasteiger partial charge on any atom is 0.406 e. The predicted octanol–water partition coefficient (Wildman–Crippen LogP) is 4.83. The highest BCUT2D eigenvalue weighted by Gasteiger charge is 2.36. The fourth-order valence-corrected chi connectivity index (χ4v) is 5.76. The Morgan fingerprint density at radius 3 is 2.73 bits per heavy atom. The smallest absolute Gasteiger partial charge is 0.406 e. The minimum absolute atomic E-state index is 0.0460. The van der Waals surface area contributed by atoms with Gasteiger partial charge in [0.1, 0.15) is 5.67 Å². The first kappa shape index (κ1) is 29.5. The lowest BCUT2D eigenvalue weighted by molar-refractivity contribution is -0.00877. The van der Waals surface area contributed by atoms with Gasteiger partial charge >= 0.3 is 12.1 Å². The fourth-order valence-electron chi connectivity index (χ4n) is 5.56. The maximum atomic E-state index is 15.4. The number of ether oxygens (including phenoxy) is 2. The van der Waals surface area contributed by atoms with Gasteiger partial charge in [-0.2, -0.15) is 0 Å². The van der Waals surface area contributed by atoms with Crippen LogP contribution in [0.3, 0.4) is 0 Å². The van der Waals surface area contributed by atoms with Gasteiger partial charge in [-0.25, -0.2) is 14.0 Å². The molecule has 1 aliphatic heterocycles. The molecule has 3 amide bonds. The predicted molar refractivity (Wildman–Crippen MR) is 143 cm³/mol. The number of urea groups is 1. The van der Waals surface area contributed by atoms with Crippen LogP contribution in [0, 0.1) is 5.92 Å². The third-order valence-corrected chi connectivity index (χ3v) is 7.58. The number of carbonyl (C=O) groups is 2. The van der Waals surface area contributed by atoms with Gasteiger partial charge in [0.2, 0.25) is 0 Å². The highest BCUT2D eigenvalue weighted by Crippen LogP contribution is 2.36. The molecule has 0 aromatic heterocycles. The number of hydrogen-bond donors (Lipinski definition) is 3. The lowest BCUT2D eigenvalue weighted by Crippen LogP contribution is -2.53. The van der Waals surface area contributed by atoms with Crippen LogP contribution in [-0.4, -0.2) is 75.7 Å². The van der Waals surface area contributed by atoms with Crippen molar-refractivity contribution >= 4 is 23.7 Å². The lowest BCUT2D eigenvalue weighted by Gasteiger charge is -2.38. The van der Waals surface area contributed by atoms with Gasteiger partial charge in [0.15, 0.2) is 0 Å². The molecular formula is C27H42ClFN4O4. The van der Waals surface area contributed by atoms with Crippen molar-refractivity contribution in [2.45, 2.75) is 69.2 Å². The molecule has 0 spiro atoms. The van der Waals surface area contributed by atoms with Gasteiger partial charge in [-0.1, -0.05) is 43.0 Å². The number of carbonyl (C=O) groups excluding carboxylic acids is 2. The summed E-state index contributed by atoms with van der Waals surface area (Å²) in [6.07, 6.45) is 5.28. The standard InChI is InChI=1S/C27H42ClFN4O4/c1-30-18-23(17-27(29)11-4-3-5-12-27)32-25(34)33-14-7-9-21(19-33)24(20-8-6-10-22(28)16-20)37-15-13-31-26(35)36-2/h6,8,10,16,21,23-24,30H,3-5,7,9,11-15,17-19H2,1-2H3,(H,31,35)(H,32,34)/t21-,23?,24+/m1/s1. The second kappa shape index (κ2) is 14.7. The number of methoxy groups -OCH3 is 1. The molecule has 1 saturated heterocycles. The van der Waals surface area contributed by atoms with Crippen LogP contribution in [0.15, 0.2) is 24.3 Å². The van der Waals surface area contributed by atoms with Crippen LogP contribution < -0.4 is 16.0 Å². The molecule has 3 rings (SSSR count). The van der Waals surface area contributed by atoms with Crippen molar-refractivity contribution in [2.24, 2.45) is 5.92 Å². The van der Waals surface area contributed by atoms with Crippen LogP contribution in [-0.2, 0) is 9.47 Å². The number of benzene rings is 1. The van der Waals surface area contributed by atoms with E-state index in [1.54, 1.807) is 0 Å². The summed E-state index contributed by atoms with van der Waals surface area (Å²) in [7, 11) is 3.14. The molecule has 37 heavy (non-hydrogen) atoms. The van der Waals surface area contributed by atoms with Gasteiger partial charge in [-0.15, -0.1) is 0 Å². The summed E-state index contributed by atoms with van der Waals surface area (Å²) in [4.78, 5) is 26.5. The van der Waals surface area contributed by atoms with Crippen LogP contribution >= 0.6 is 11.6 Å². The molecule has 10 heteroatoms. The molecule has 1 heterocycles. The molecule has 208 valence electrons. The molecule has 1 saturated carbocycles. The zero-order valence-corrected chi connectivity index (χ0v) is 22.8. The Balaban J connectivity index is 1.64. The Kier molecular flexibility index (Phi) is 11.7. The Morgan fingerprint density at radius 2 is 2.03 bits per heavy atom. The monoisotopic (exact) mass is 540 g/mol. The van der Waals surface area contributed by atoms with E-state index in [4.69, 9.17) is 16.3 Å². The molecule has 0 bridgehead atoms. The van der Waals surface area contributed by atoms with Gasteiger partial charge in [0, 0.05) is 49.6 Å². The summed E-state index contributed by atoms with van der Waals surface area (Å²) in [5, 5.41) is 9.45. The molecule has 1 aliphatic carbocycles. The van der Waals surface area contributed by atoms with Crippen LogP contribution in [0.1, 0.15) is 63.0 Å². The quantitative estimate of drug-likeness (QED) is 0.350. The molecule has 0 radical (unpaired) electrons. The van der Waals surface area contributed by atoms with Crippen molar-refractivity contribution < 1.29 is 23.5 Å². The first-order valence-electron chi connectivity index (χ1n) is 13.4. The summed E-state index contributed by atoms with van der Waals surface area (Å²) >= 11 is 6.27. The zero-order chi connectivity index (χ0) is 26.7. The lowest BCUT2D eigenvalue weighted by atomic mass is 9.82. The summed E-state index contributed by atoms with van der Waals surface area (Å²) in [6.45, 7) is 2.27. The van der Waals surface area contributed by atoms with Crippen LogP contribution in [0.5, 0.6) is 0 Å². The number of halogens is 2. The van der Waals surface area contributed by atoms with Crippen LogP contribution in [0.2, 0.25) is 5.02 Å². The topological polar surface area (TPSA) is 91.9 Å². The molecule has 1 aromatic rings. The average molecular weight is 541 g/mol. The summed E-state index contributed by atoms with van der Waals surface area (Å²) < 4.78 is 26.2. The fraction of sp³-hybridized carbons (Fsp3) is 0.704. The largest absolute Gasteiger partial charge is 0.453 e. The SMILES string of the molecule is CNCC(CC1(F)CCCCC1)NC(=O)N1CCC[C@@H]([C@@H](OCCNC(=O)OC)c2cccc(Cl)c2)C1. The molecule has 8 nitrogen and oxygen atoms in total. The van der Waals surface area contributed by atoms with Crippen molar-refractivity contribution in [3.05, 3.63) is 34.9 Å². The Bertz CT molecular complexity index is 871. The van der Waals surface area contributed by atoms with E-state index in [1.807, 2.05) is 36.2 Å². The van der Waals surface area contributed by atoms with Crippen LogP contribution in [0.4, 0.5) is 14.0 Å². The number of hydrogen-bond acceptors (Lipinski definition) is 5. The van der Waals surface area contributed by atoms with E-state index in [-0.39, 0.29) is 30.7 Å². The summed E-state index contributed by atoms with van der Waals surface area (Å²) in [6, 6.07) is 7.11. The minimum atomic E-state index is -1.21. The number of alkyl carbamates (subject to hydrolysis) is 1. The Hall–Kier alpha value is -2.10. The highest BCUT2D eigenvalue weighted by molar-refractivity contribution is 6.30. The van der Waals surface area contributed by atoms with Crippen molar-refractivity contribution in [1.82, 2.24) is 20.9 Å². The second-order valence-electron chi connectivity index (χ2n) is 10.2. The second-order valence-corrected chi connectivity index (χ2v) is 10.7. The molecule has 2 aliphatic rings. The number of nitrogens with one attached hydrogen (secondary N) is 3. The number of likely N-dealkylation sites (tertiary alicyclic amines) is 1. The van der Waals surface area contributed by atoms with Gasteiger partial charge in [0.25, 0.3) is 0 Å². The molecule has 3 N–H and O–H groups in total. The van der Waals surface area contributed by atoms with E-state index < -0.39 is 11.8 Å². The average Bonchev–Trinajstić information content (AvgIpc) is 2.89. The van der Waals surface area contributed by atoms with Gasteiger partial charge in [-0.3, -0.25) is 0 Å². The first-order valence-corrected chi connectivity index (χ1v) is 13.8. The maximum absolute atomic E-state index is 15.4. The summed E-state index contributed by atoms with van der Waals surface area (Å²) in [5.41, 5.74) is -0.274. The molecule has 2 fully saturated rings. The molecule has 3 atom stereocenters. The van der Waals surface area contributed by atoms with E-state index in [9.17, 15) is 9.59 Å². The van der Waals surface area contributed by atoms with E-state index >= 15 is 4.39 Å². The van der Waals surface area contributed by atoms with Crippen molar-refractivity contribution in [3.8, 4) is 0 Å². The third-order valence-electron chi connectivity index (χ3n) is 7.34. The van der Waals surface area contributed by atoms with E-state index in [0.717, 1.165) is 37.7 Å². The number of alkyl halides is 1. The normalized spacial score (nSPS) is 21.1.